The molecule has 0 radical (unpaired) electrons. The van der Waals surface area contributed by atoms with Gasteiger partial charge in [0.1, 0.15) is 0 Å². The molecule has 0 spiro atoms. The molecule has 1 aromatic rings. The van der Waals surface area contributed by atoms with Crippen molar-refractivity contribution >= 4 is 29.1 Å². The Balaban J connectivity index is 2.56. The summed E-state index contributed by atoms with van der Waals surface area (Å²) >= 11 is 11.6. The average Bonchev–Trinajstić information content (AvgIpc) is 2.28. The van der Waals surface area contributed by atoms with Crippen molar-refractivity contribution in [3.05, 3.63) is 33.8 Å². The van der Waals surface area contributed by atoms with Crippen molar-refractivity contribution in [2.75, 3.05) is 20.3 Å². The molecule has 1 rings (SSSR count). The van der Waals surface area contributed by atoms with Gasteiger partial charge >= 0.3 is 0 Å². The minimum absolute atomic E-state index is 0.206. The summed E-state index contributed by atoms with van der Waals surface area (Å²) in [5.41, 5.74) is 2.51. The quantitative estimate of drug-likeness (QED) is 0.655. The van der Waals surface area contributed by atoms with Gasteiger partial charge in [0.15, 0.2) is 0 Å². The molecule has 0 fully saturated rings. The van der Waals surface area contributed by atoms with E-state index in [1.54, 1.807) is 25.3 Å². The van der Waals surface area contributed by atoms with Gasteiger partial charge in [0.05, 0.1) is 28.8 Å². The molecule has 0 aromatic heterocycles. The van der Waals surface area contributed by atoms with Crippen LogP contribution in [0.25, 0.3) is 0 Å². The molecule has 0 aliphatic carbocycles. The topological polar surface area (TPSA) is 47.6 Å². The second-order valence-electron chi connectivity index (χ2n) is 2.87. The maximum Gasteiger partial charge on any atom is 0.276 e. The SMILES string of the molecule is COCCONC(=O)c1cccc(Cl)c1Cl. The number of benzene rings is 1. The van der Waals surface area contributed by atoms with Gasteiger partial charge in [-0.3, -0.25) is 9.63 Å². The number of ether oxygens (including phenoxy) is 1. The van der Waals surface area contributed by atoms with E-state index in [9.17, 15) is 4.79 Å². The van der Waals surface area contributed by atoms with Crippen LogP contribution < -0.4 is 5.48 Å². The molecule has 0 saturated heterocycles. The summed E-state index contributed by atoms with van der Waals surface area (Å²) in [4.78, 5) is 16.4. The lowest BCUT2D eigenvalue weighted by Gasteiger charge is -2.07. The van der Waals surface area contributed by atoms with Crippen molar-refractivity contribution in [1.82, 2.24) is 5.48 Å². The van der Waals surface area contributed by atoms with Crippen LogP contribution in [0.5, 0.6) is 0 Å². The molecule has 0 aliphatic rings. The molecule has 1 amide bonds. The number of hydrogen-bond donors (Lipinski definition) is 1. The number of halogens is 2. The van der Waals surface area contributed by atoms with Crippen molar-refractivity contribution < 1.29 is 14.4 Å². The molecule has 0 aliphatic heterocycles. The van der Waals surface area contributed by atoms with E-state index in [2.05, 4.69) is 5.48 Å². The zero-order valence-corrected chi connectivity index (χ0v) is 10.1. The number of amides is 1. The lowest BCUT2D eigenvalue weighted by atomic mass is 10.2. The molecule has 1 aromatic carbocycles. The van der Waals surface area contributed by atoms with E-state index < -0.39 is 5.91 Å². The highest BCUT2D eigenvalue weighted by Crippen LogP contribution is 2.25. The van der Waals surface area contributed by atoms with Crippen LogP contribution in [-0.2, 0) is 9.57 Å². The van der Waals surface area contributed by atoms with Gasteiger partial charge in [0.25, 0.3) is 5.91 Å². The molecule has 88 valence electrons. The summed E-state index contributed by atoms with van der Waals surface area (Å²) in [5.74, 6) is -0.441. The summed E-state index contributed by atoms with van der Waals surface area (Å²) < 4.78 is 4.75. The number of carbonyl (C=O) groups excluding carboxylic acids is 1. The second-order valence-corrected chi connectivity index (χ2v) is 3.66. The van der Waals surface area contributed by atoms with E-state index in [0.717, 1.165) is 0 Å². The highest BCUT2D eigenvalue weighted by atomic mass is 35.5. The number of nitrogens with one attached hydrogen (secondary N) is 1. The maximum atomic E-state index is 11.6. The first-order chi connectivity index (χ1) is 7.66. The van der Waals surface area contributed by atoms with Gasteiger partial charge in [-0.1, -0.05) is 29.3 Å². The van der Waals surface area contributed by atoms with E-state index in [-0.39, 0.29) is 17.2 Å². The molecular formula is C10H11Cl2NO3. The van der Waals surface area contributed by atoms with Crippen LogP contribution in [0.15, 0.2) is 18.2 Å². The van der Waals surface area contributed by atoms with Gasteiger partial charge in [0, 0.05) is 7.11 Å². The van der Waals surface area contributed by atoms with Gasteiger partial charge in [-0.05, 0) is 12.1 Å². The second kappa shape index (κ2) is 6.70. The van der Waals surface area contributed by atoms with Crippen LogP contribution in [0.1, 0.15) is 10.4 Å². The van der Waals surface area contributed by atoms with E-state index in [1.807, 2.05) is 0 Å². The largest absolute Gasteiger partial charge is 0.382 e. The Morgan fingerprint density at radius 1 is 1.38 bits per heavy atom. The summed E-state index contributed by atoms with van der Waals surface area (Å²) in [6.07, 6.45) is 0. The van der Waals surface area contributed by atoms with E-state index in [0.29, 0.717) is 11.6 Å². The van der Waals surface area contributed by atoms with Crippen LogP contribution >= 0.6 is 23.2 Å². The molecule has 4 nitrogen and oxygen atoms in total. The lowest BCUT2D eigenvalue weighted by molar-refractivity contribution is 0.00890. The molecule has 0 atom stereocenters. The normalized spacial score (nSPS) is 10.2. The first kappa shape index (κ1) is 13.3. The van der Waals surface area contributed by atoms with Crippen LogP contribution in [0.2, 0.25) is 10.0 Å². The Labute approximate surface area is 103 Å². The first-order valence-corrected chi connectivity index (χ1v) is 5.27. The van der Waals surface area contributed by atoms with Gasteiger partial charge in [-0.25, -0.2) is 5.48 Å². The number of carbonyl (C=O) groups is 1. The van der Waals surface area contributed by atoms with Gasteiger partial charge < -0.3 is 4.74 Å². The zero-order chi connectivity index (χ0) is 12.0. The van der Waals surface area contributed by atoms with Crippen LogP contribution in [0.3, 0.4) is 0 Å². The van der Waals surface area contributed by atoms with Crippen LogP contribution in [-0.4, -0.2) is 26.2 Å². The zero-order valence-electron chi connectivity index (χ0n) is 8.63. The third-order valence-corrected chi connectivity index (χ3v) is 2.57. The predicted molar refractivity (Wildman–Crippen MR) is 61.8 cm³/mol. The number of methoxy groups -OCH3 is 1. The highest BCUT2D eigenvalue weighted by Gasteiger charge is 2.12. The van der Waals surface area contributed by atoms with Crippen molar-refractivity contribution in [2.45, 2.75) is 0 Å². The Morgan fingerprint density at radius 3 is 2.81 bits per heavy atom. The minimum atomic E-state index is -0.441. The fourth-order valence-corrected chi connectivity index (χ4v) is 1.36. The molecular weight excluding hydrogens is 253 g/mol. The van der Waals surface area contributed by atoms with Crippen molar-refractivity contribution in [3.63, 3.8) is 0 Å². The highest BCUT2D eigenvalue weighted by molar-refractivity contribution is 6.43. The summed E-state index contributed by atoms with van der Waals surface area (Å²) in [5, 5.41) is 0.531. The van der Waals surface area contributed by atoms with E-state index in [1.165, 1.54) is 0 Å². The molecule has 1 N–H and O–H groups in total. The standard InChI is InChI=1S/C10H11Cl2NO3/c1-15-5-6-16-13-10(14)7-3-2-4-8(11)9(7)12/h2-4H,5-6H2,1H3,(H,13,14). The van der Waals surface area contributed by atoms with Crippen molar-refractivity contribution in [2.24, 2.45) is 0 Å². The van der Waals surface area contributed by atoms with Crippen molar-refractivity contribution in [1.29, 1.82) is 0 Å². The molecule has 0 unspecified atom stereocenters. The van der Waals surface area contributed by atoms with Crippen LogP contribution in [0, 0.1) is 0 Å². The van der Waals surface area contributed by atoms with Gasteiger partial charge in [0.2, 0.25) is 0 Å². The molecule has 0 heterocycles. The Hall–Kier alpha value is -0.810. The fraction of sp³-hybridized carbons (Fsp3) is 0.300. The van der Waals surface area contributed by atoms with E-state index >= 15 is 0 Å². The Morgan fingerprint density at radius 2 is 2.12 bits per heavy atom. The Kier molecular flexibility index (Phi) is 5.55. The number of hydroxylamine groups is 1. The predicted octanol–water partition coefficient (Wildman–Crippen LogP) is 2.30. The Bertz CT molecular complexity index is 371. The van der Waals surface area contributed by atoms with Crippen LogP contribution in [0.4, 0.5) is 0 Å². The smallest absolute Gasteiger partial charge is 0.276 e. The summed E-state index contributed by atoms with van der Waals surface area (Å²) in [7, 11) is 1.54. The van der Waals surface area contributed by atoms with Crippen molar-refractivity contribution in [3.8, 4) is 0 Å². The van der Waals surface area contributed by atoms with Gasteiger partial charge in [-0.15, -0.1) is 0 Å². The third kappa shape index (κ3) is 3.64. The minimum Gasteiger partial charge on any atom is -0.382 e. The lowest BCUT2D eigenvalue weighted by Crippen LogP contribution is -2.25. The molecule has 0 bridgehead atoms. The average molecular weight is 264 g/mol. The number of hydrogen-bond acceptors (Lipinski definition) is 3. The summed E-state index contributed by atoms with van der Waals surface area (Å²) in [6.45, 7) is 0.657. The third-order valence-electron chi connectivity index (χ3n) is 1.75. The maximum absolute atomic E-state index is 11.6. The first-order valence-electron chi connectivity index (χ1n) is 4.52. The van der Waals surface area contributed by atoms with Gasteiger partial charge in [-0.2, -0.15) is 0 Å². The summed E-state index contributed by atoms with van der Waals surface area (Å²) in [6, 6.07) is 4.80. The van der Waals surface area contributed by atoms with E-state index in [4.69, 9.17) is 32.8 Å². The fourth-order valence-electron chi connectivity index (χ4n) is 0.976. The monoisotopic (exact) mass is 263 g/mol. The molecule has 16 heavy (non-hydrogen) atoms. The molecule has 6 heteroatoms. The molecule has 0 saturated carbocycles. The number of rotatable bonds is 5.